The van der Waals surface area contributed by atoms with Gasteiger partial charge in [0.1, 0.15) is 5.75 Å². The van der Waals surface area contributed by atoms with E-state index >= 15 is 0 Å². The molecule has 0 radical (unpaired) electrons. The first-order chi connectivity index (χ1) is 13.5. The molecule has 1 heterocycles. The molecule has 0 aromatic heterocycles. The lowest BCUT2D eigenvalue weighted by Crippen LogP contribution is -2.33. The van der Waals surface area contributed by atoms with Gasteiger partial charge in [0.25, 0.3) is 5.69 Å². The van der Waals surface area contributed by atoms with E-state index in [1.54, 1.807) is 36.4 Å². The van der Waals surface area contributed by atoms with E-state index in [-0.39, 0.29) is 11.5 Å². The number of nitro groups is 1. The number of ether oxygens (including phenoxy) is 1. The molecule has 0 amide bonds. The molecule has 2 unspecified atom stereocenters. The number of non-ortho nitro benzene ring substituents is 1. The molecule has 1 aliphatic heterocycles. The Morgan fingerprint density at radius 2 is 1.68 bits per heavy atom. The maximum absolute atomic E-state index is 13.1. The van der Waals surface area contributed by atoms with E-state index in [2.05, 4.69) is 5.32 Å². The molecule has 0 saturated heterocycles. The van der Waals surface area contributed by atoms with Gasteiger partial charge in [0, 0.05) is 34.0 Å². The van der Waals surface area contributed by atoms with Gasteiger partial charge in [-0.1, -0.05) is 29.8 Å². The summed E-state index contributed by atoms with van der Waals surface area (Å²) in [6.45, 7) is 0. The van der Waals surface area contributed by atoms with E-state index in [4.69, 9.17) is 16.3 Å². The van der Waals surface area contributed by atoms with Crippen molar-refractivity contribution in [2.24, 2.45) is 0 Å². The molecule has 4 rings (SSSR count). The standard InChI is InChI=1S/C21H15ClN2O4/c22-14-7-5-13(6-8-14)20(25)21-19(17-3-1-2-4-18(17)28-21)23-15-9-11-16(12-10-15)24(26)27/h1-12,19,21,23H. The van der Waals surface area contributed by atoms with Gasteiger partial charge in [-0.2, -0.15) is 0 Å². The number of nitro benzene ring substituents is 1. The summed E-state index contributed by atoms with van der Waals surface area (Å²) in [5, 5.41) is 14.7. The number of anilines is 1. The number of para-hydroxylation sites is 1. The molecule has 7 heteroatoms. The van der Waals surface area contributed by atoms with Gasteiger partial charge in [-0.3, -0.25) is 14.9 Å². The first-order valence-electron chi connectivity index (χ1n) is 8.59. The molecule has 3 aromatic rings. The molecule has 0 aliphatic carbocycles. The van der Waals surface area contributed by atoms with E-state index in [0.717, 1.165) is 5.56 Å². The Morgan fingerprint density at radius 1 is 1.00 bits per heavy atom. The number of benzene rings is 3. The first-order valence-corrected chi connectivity index (χ1v) is 8.97. The number of rotatable bonds is 5. The average molecular weight is 395 g/mol. The molecule has 0 bridgehead atoms. The summed E-state index contributed by atoms with van der Waals surface area (Å²) in [5.41, 5.74) is 2.01. The third-order valence-corrected chi connectivity index (χ3v) is 4.85. The molecular formula is C21H15ClN2O4. The number of fused-ring (bicyclic) bond motifs is 1. The lowest BCUT2D eigenvalue weighted by Gasteiger charge is -2.20. The highest BCUT2D eigenvalue weighted by Crippen LogP contribution is 2.40. The number of ketones is 1. The van der Waals surface area contributed by atoms with Crippen LogP contribution in [0.25, 0.3) is 0 Å². The van der Waals surface area contributed by atoms with Crippen LogP contribution in [0.4, 0.5) is 11.4 Å². The van der Waals surface area contributed by atoms with Crippen molar-refractivity contribution in [3.05, 3.63) is 99.1 Å². The highest BCUT2D eigenvalue weighted by Gasteiger charge is 2.39. The monoisotopic (exact) mass is 394 g/mol. The summed E-state index contributed by atoms with van der Waals surface area (Å²) in [6, 6.07) is 19.7. The fraction of sp³-hybridized carbons (Fsp3) is 0.0952. The largest absolute Gasteiger partial charge is 0.479 e. The Hall–Kier alpha value is -3.38. The second kappa shape index (κ2) is 7.32. The van der Waals surface area contributed by atoms with E-state index in [1.807, 2.05) is 24.3 Å². The van der Waals surface area contributed by atoms with Gasteiger partial charge in [0.05, 0.1) is 11.0 Å². The lowest BCUT2D eigenvalue weighted by atomic mass is 9.96. The van der Waals surface area contributed by atoms with Crippen LogP contribution in [0.2, 0.25) is 5.02 Å². The maximum atomic E-state index is 13.1. The Bertz CT molecular complexity index is 1040. The molecule has 6 nitrogen and oxygen atoms in total. The number of nitrogens with zero attached hydrogens (tertiary/aromatic N) is 1. The fourth-order valence-corrected chi connectivity index (χ4v) is 3.33. The van der Waals surface area contributed by atoms with Crippen molar-refractivity contribution in [2.45, 2.75) is 12.1 Å². The third-order valence-electron chi connectivity index (χ3n) is 4.60. The van der Waals surface area contributed by atoms with Gasteiger partial charge < -0.3 is 10.1 Å². The van der Waals surface area contributed by atoms with Crippen LogP contribution in [0, 0.1) is 10.1 Å². The predicted octanol–water partition coefficient (Wildman–Crippen LogP) is 5.05. The zero-order chi connectivity index (χ0) is 19.7. The number of carbonyl (C=O) groups excluding carboxylic acids is 1. The number of hydrogen-bond donors (Lipinski definition) is 1. The van der Waals surface area contributed by atoms with Crippen molar-refractivity contribution in [3.63, 3.8) is 0 Å². The fourth-order valence-electron chi connectivity index (χ4n) is 3.21. The minimum Gasteiger partial charge on any atom is -0.479 e. The first kappa shape index (κ1) is 18.0. The van der Waals surface area contributed by atoms with Crippen LogP contribution in [0.3, 0.4) is 0 Å². The molecule has 1 aliphatic rings. The summed E-state index contributed by atoms with van der Waals surface area (Å²) in [5.74, 6) is 0.460. The van der Waals surface area contributed by atoms with Crippen LogP contribution in [-0.2, 0) is 0 Å². The lowest BCUT2D eigenvalue weighted by molar-refractivity contribution is -0.384. The molecule has 1 N–H and O–H groups in total. The Kier molecular flexibility index (Phi) is 4.71. The van der Waals surface area contributed by atoms with Crippen molar-refractivity contribution in [1.29, 1.82) is 0 Å². The molecular weight excluding hydrogens is 380 g/mol. The Morgan fingerprint density at radius 3 is 2.36 bits per heavy atom. The average Bonchev–Trinajstić information content (AvgIpc) is 3.07. The second-order valence-electron chi connectivity index (χ2n) is 6.37. The van der Waals surface area contributed by atoms with E-state index in [9.17, 15) is 14.9 Å². The topological polar surface area (TPSA) is 81.5 Å². The van der Waals surface area contributed by atoms with Crippen LogP contribution in [-0.4, -0.2) is 16.8 Å². The summed E-state index contributed by atoms with van der Waals surface area (Å²) in [7, 11) is 0. The Balaban J connectivity index is 1.65. The van der Waals surface area contributed by atoms with E-state index in [0.29, 0.717) is 22.0 Å². The van der Waals surface area contributed by atoms with Gasteiger partial charge in [-0.05, 0) is 42.5 Å². The van der Waals surface area contributed by atoms with Crippen molar-refractivity contribution < 1.29 is 14.5 Å². The van der Waals surface area contributed by atoms with Crippen LogP contribution in [0.1, 0.15) is 22.0 Å². The van der Waals surface area contributed by atoms with Gasteiger partial charge >= 0.3 is 0 Å². The third kappa shape index (κ3) is 3.42. The number of hydrogen-bond acceptors (Lipinski definition) is 5. The highest BCUT2D eigenvalue weighted by molar-refractivity contribution is 6.30. The molecule has 0 spiro atoms. The van der Waals surface area contributed by atoms with Crippen molar-refractivity contribution >= 4 is 28.8 Å². The normalized spacial score (nSPS) is 17.5. The van der Waals surface area contributed by atoms with E-state index < -0.39 is 17.1 Å². The van der Waals surface area contributed by atoms with Crippen LogP contribution >= 0.6 is 11.6 Å². The van der Waals surface area contributed by atoms with Gasteiger partial charge in [-0.25, -0.2) is 0 Å². The van der Waals surface area contributed by atoms with Crippen molar-refractivity contribution in [2.75, 3.05) is 5.32 Å². The zero-order valence-electron chi connectivity index (χ0n) is 14.5. The summed E-state index contributed by atoms with van der Waals surface area (Å²) < 4.78 is 5.95. The Labute approximate surface area is 165 Å². The number of carbonyl (C=O) groups is 1. The minimum absolute atomic E-state index is 0.00223. The van der Waals surface area contributed by atoms with Crippen molar-refractivity contribution in [1.82, 2.24) is 0 Å². The maximum Gasteiger partial charge on any atom is 0.269 e. The SMILES string of the molecule is O=C(c1ccc(Cl)cc1)C1Oc2ccccc2C1Nc1ccc([N+](=O)[O-])cc1. The number of nitrogens with one attached hydrogen (secondary N) is 1. The van der Waals surface area contributed by atoms with Crippen molar-refractivity contribution in [3.8, 4) is 5.75 Å². The molecule has 2 atom stereocenters. The number of halogens is 1. The molecule has 3 aromatic carbocycles. The predicted molar refractivity (Wildman–Crippen MR) is 106 cm³/mol. The second-order valence-corrected chi connectivity index (χ2v) is 6.81. The van der Waals surface area contributed by atoms with Crippen LogP contribution in [0.5, 0.6) is 5.75 Å². The molecule has 0 saturated carbocycles. The summed E-state index contributed by atoms with van der Waals surface area (Å²) >= 11 is 5.92. The van der Waals surface area contributed by atoms with Gasteiger partial charge in [-0.15, -0.1) is 0 Å². The molecule has 0 fully saturated rings. The van der Waals surface area contributed by atoms with E-state index in [1.165, 1.54) is 12.1 Å². The van der Waals surface area contributed by atoms with Gasteiger partial charge in [0.2, 0.25) is 5.78 Å². The minimum atomic E-state index is -0.770. The van der Waals surface area contributed by atoms with Crippen LogP contribution < -0.4 is 10.1 Å². The van der Waals surface area contributed by atoms with Crippen LogP contribution in [0.15, 0.2) is 72.8 Å². The zero-order valence-corrected chi connectivity index (χ0v) is 15.3. The van der Waals surface area contributed by atoms with Gasteiger partial charge in [0.15, 0.2) is 6.10 Å². The highest BCUT2D eigenvalue weighted by atomic mass is 35.5. The molecule has 28 heavy (non-hydrogen) atoms. The molecule has 140 valence electrons. The summed E-state index contributed by atoms with van der Waals surface area (Å²) in [4.78, 5) is 23.5. The number of Topliss-reactive ketones (excluding diaryl/α,β-unsaturated/α-hetero) is 1. The summed E-state index contributed by atoms with van der Waals surface area (Å²) in [6.07, 6.45) is -0.770. The smallest absolute Gasteiger partial charge is 0.269 e. The quantitative estimate of drug-likeness (QED) is 0.372.